The number of fused-ring (bicyclic) bond motifs is 2. The summed E-state index contributed by atoms with van der Waals surface area (Å²) in [5.74, 6) is -2.08. The van der Waals surface area contributed by atoms with E-state index in [2.05, 4.69) is 20.3 Å². The number of amides is 2. The second kappa shape index (κ2) is 17.2. The number of anilines is 3. The zero-order valence-corrected chi connectivity index (χ0v) is 32.6. The van der Waals surface area contributed by atoms with Gasteiger partial charge in [0.2, 0.25) is 11.9 Å². The third kappa shape index (κ3) is 9.23. The van der Waals surface area contributed by atoms with Gasteiger partial charge in [0, 0.05) is 12.8 Å². The molecule has 0 spiro atoms. The second-order valence-corrected chi connectivity index (χ2v) is 15.7. The molecule has 1 aliphatic heterocycles. The molecule has 4 atom stereocenters. The van der Waals surface area contributed by atoms with Crippen LogP contribution in [0.2, 0.25) is 0 Å². The number of imidazole rings is 1. The molecular weight excluding hydrogens is 767 g/mol. The predicted octanol–water partition coefficient (Wildman–Crippen LogP) is 6.89. The minimum Gasteiger partial charge on any atom is -0.455 e. The molecule has 16 nitrogen and oxygen atoms in total. The van der Waals surface area contributed by atoms with E-state index in [1.54, 1.807) is 62.4 Å². The first kappa shape index (κ1) is 40.2. The van der Waals surface area contributed by atoms with Crippen molar-refractivity contribution in [2.45, 2.75) is 58.3 Å². The minimum absolute atomic E-state index is 0.00514. The zero-order chi connectivity index (χ0) is 41.0. The lowest BCUT2D eigenvalue weighted by atomic mass is 10.1. The Hall–Kier alpha value is -6.03. The summed E-state index contributed by atoms with van der Waals surface area (Å²) in [6, 6.07) is 31.3. The second-order valence-electron chi connectivity index (χ2n) is 14.0. The Morgan fingerprint density at radius 3 is 2.19 bits per heavy atom. The van der Waals surface area contributed by atoms with Crippen molar-refractivity contribution in [2.75, 3.05) is 16.4 Å². The van der Waals surface area contributed by atoms with E-state index in [1.807, 2.05) is 54.6 Å². The Morgan fingerprint density at radius 1 is 0.897 bits per heavy atom. The first-order chi connectivity index (χ1) is 27.8. The number of nitrogens with zero attached hydrogens (tertiary/aromatic N) is 5. The number of ether oxygens (including phenoxy) is 4. The van der Waals surface area contributed by atoms with E-state index >= 15 is 0 Å². The summed E-state index contributed by atoms with van der Waals surface area (Å²) in [7, 11) is -4.49. The van der Waals surface area contributed by atoms with Crippen LogP contribution in [0.15, 0.2) is 109 Å². The number of benzene rings is 4. The van der Waals surface area contributed by atoms with Gasteiger partial charge in [-0.1, -0.05) is 86.6 Å². The van der Waals surface area contributed by atoms with Crippen molar-refractivity contribution in [1.29, 1.82) is 0 Å². The Labute approximate surface area is 332 Å². The molecule has 17 heteroatoms. The van der Waals surface area contributed by atoms with E-state index in [0.29, 0.717) is 11.4 Å². The number of esters is 1. The SMILES string of the molecule is CC(=O)O[C@@H]1[C@H](OCc2ccc3ccccc3c2)[C@@H](CCP(=O)(O)O)O[C@H]1n1cnc2c(OC(=O)N(c3ccccc3)c3ccccc3)nc(NC(=O)C(C)C)nc21. The molecule has 6 aromatic rings. The van der Waals surface area contributed by atoms with Crippen molar-refractivity contribution in [1.82, 2.24) is 19.5 Å². The quantitative estimate of drug-likeness (QED) is 0.0804. The minimum atomic E-state index is -4.49. The van der Waals surface area contributed by atoms with Gasteiger partial charge in [-0.05, 0) is 53.1 Å². The van der Waals surface area contributed by atoms with Gasteiger partial charge in [0.05, 0.1) is 36.6 Å². The van der Waals surface area contributed by atoms with Gasteiger partial charge < -0.3 is 28.7 Å². The molecule has 58 heavy (non-hydrogen) atoms. The monoisotopic (exact) mass is 808 g/mol. The zero-order valence-electron chi connectivity index (χ0n) is 31.7. The van der Waals surface area contributed by atoms with Crippen LogP contribution in [-0.2, 0) is 35.0 Å². The molecular formula is C41H41N6O10P. The summed E-state index contributed by atoms with van der Waals surface area (Å²) in [6.07, 6.45) is -4.61. The standard InChI is InChI=1S/C41H41N6O10P/c1-25(2)37(49)44-40-43-36-33(38(45-40)57-41(50)47(30-14-6-4-7-15-30)31-16-8-5-9-17-31)42-24-46(36)39-35(55-26(3)48)34(32(56-39)20-21-58(51,52)53)54-23-27-18-19-28-12-10-11-13-29(28)22-27/h4-19,22,24-25,32,34-35,39H,20-21,23H2,1-3H3,(H2,51,52,53)(H,43,44,45,49)/t32-,34-,35-,39-/m1/s1. The summed E-state index contributed by atoms with van der Waals surface area (Å²) in [5.41, 5.74) is 1.82. The summed E-state index contributed by atoms with van der Waals surface area (Å²) in [5, 5.41) is 4.67. The number of hydrogen-bond acceptors (Lipinski definition) is 11. The maximum absolute atomic E-state index is 14.1. The number of carbonyl (C=O) groups excluding carboxylic acids is 3. The van der Waals surface area contributed by atoms with Gasteiger partial charge in [-0.15, -0.1) is 0 Å². The molecule has 0 saturated carbocycles. The normalized spacial score (nSPS) is 18.0. The van der Waals surface area contributed by atoms with Crippen LogP contribution in [0.1, 0.15) is 39.0 Å². The topological polar surface area (TPSA) is 205 Å². The number of para-hydroxylation sites is 2. The number of aromatic nitrogens is 4. The first-order valence-electron chi connectivity index (χ1n) is 18.5. The molecule has 0 radical (unpaired) electrons. The molecule has 0 unspecified atom stereocenters. The van der Waals surface area contributed by atoms with Crippen LogP contribution in [0.5, 0.6) is 5.88 Å². The third-order valence-electron chi connectivity index (χ3n) is 9.37. The lowest BCUT2D eigenvalue weighted by Gasteiger charge is -2.25. The van der Waals surface area contributed by atoms with Crippen LogP contribution in [-0.4, -0.2) is 71.7 Å². The van der Waals surface area contributed by atoms with Crippen LogP contribution in [0.3, 0.4) is 0 Å². The molecule has 2 amide bonds. The molecule has 1 fully saturated rings. The molecule has 0 aliphatic carbocycles. The fourth-order valence-electron chi connectivity index (χ4n) is 6.60. The third-order valence-corrected chi connectivity index (χ3v) is 10.2. The Kier molecular flexibility index (Phi) is 11.9. The summed E-state index contributed by atoms with van der Waals surface area (Å²) in [6.45, 7) is 4.63. The molecule has 1 aliphatic rings. The molecule has 3 N–H and O–H groups in total. The van der Waals surface area contributed by atoms with E-state index < -0.39 is 62.2 Å². The fraction of sp³-hybridized carbons (Fsp3) is 0.268. The summed E-state index contributed by atoms with van der Waals surface area (Å²) >= 11 is 0. The number of nitrogens with one attached hydrogen (secondary N) is 1. The Balaban J connectivity index is 1.28. The molecule has 1 saturated heterocycles. The van der Waals surface area contributed by atoms with Gasteiger partial charge in [-0.3, -0.25) is 24.0 Å². The smallest absolute Gasteiger partial charge is 0.425 e. The number of hydrogen-bond donors (Lipinski definition) is 3. The molecule has 3 heterocycles. The lowest BCUT2D eigenvalue weighted by Crippen LogP contribution is -2.38. The fourth-order valence-corrected chi connectivity index (χ4v) is 7.19. The highest BCUT2D eigenvalue weighted by Gasteiger charge is 2.49. The van der Waals surface area contributed by atoms with Crippen molar-refractivity contribution in [3.63, 3.8) is 0 Å². The average Bonchev–Trinajstić information content (AvgIpc) is 3.77. The van der Waals surface area contributed by atoms with Crippen molar-refractivity contribution in [3.05, 3.63) is 115 Å². The van der Waals surface area contributed by atoms with Crippen LogP contribution < -0.4 is 15.0 Å². The highest BCUT2D eigenvalue weighted by molar-refractivity contribution is 7.51. The number of rotatable bonds is 13. The lowest BCUT2D eigenvalue weighted by molar-refractivity contribution is -0.158. The van der Waals surface area contributed by atoms with E-state index in [4.69, 9.17) is 18.9 Å². The maximum atomic E-state index is 14.1. The molecule has 2 aromatic heterocycles. The van der Waals surface area contributed by atoms with Gasteiger partial charge in [0.25, 0.3) is 5.88 Å². The van der Waals surface area contributed by atoms with Crippen LogP contribution in [0, 0.1) is 5.92 Å². The van der Waals surface area contributed by atoms with Crippen LogP contribution >= 0.6 is 7.60 Å². The van der Waals surface area contributed by atoms with Crippen LogP contribution in [0.25, 0.3) is 21.9 Å². The van der Waals surface area contributed by atoms with E-state index in [-0.39, 0.29) is 36.0 Å². The van der Waals surface area contributed by atoms with Crippen molar-refractivity contribution in [3.8, 4) is 5.88 Å². The average molecular weight is 809 g/mol. The Bertz CT molecular complexity index is 2440. The molecule has 300 valence electrons. The van der Waals surface area contributed by atoms with Crippen molar-refractivity contribution < 1.29 is 47.7 Å². The van der Waals surface area contributed by atoms with Crippen molar-refractivity contribution in [2.24, 2.45) is 5.92 Å². The van der Waals surface area contributed by atoms with Gasteiger partial charge in [-0.2, -0.15) is 9.97 Å². The van der Waals surface area contributed by atoms with Gasteiger partial charge in [0.1, 0.15) is 6.10 Å². The van der Waals surface area contributed by atoms with Gasteiger partial charge in [0.15, 0.2) is 23.5 Å². The largest absolute Gasteiger partial charge is 0.455 e. The van der Waals surface area contributed by atoms with E-state index in [9.17, 15) is 28.7 Å². The molecule has 7 rings (SSSR count). The summed E-state index contributed by atoms with van der Waals surface area (Å²) in [4.78, 5) is 74.1. The number of carbonyl (C=O) groups is 3. The van der Waals surface area contributed by atoms with Gasteiger partial charge >= 0.3 is 19.7 Å². The van der Waals surface area contributed by atoms with E-state index in [1.165, 1.54) is 22.7 Å². The molecule has 0 bridgehead atoms. The highest BCUT2D eigenvalue weighted by atomic mass is 31.2. The summed E-state index contributed by atoms with van der Waals surface area (Å²) < 4.78 is 38.1. The maximum Gasteiger partial charge on any atom is 0.425 e. The molecule has 4 aromatic carbocycles. The van der Waals surface area contributed by atoms with Crippen molar-refractivity contribution >= 4 is 64.8 Å². The van der Waals surface area contributed by atoms with Gasteiger partial charge in [-0.25, -0.2) is 14.7 Å². The van der Waals surface area contributed by atoms with E-state index in [0.717, 1.165) is 16.3 Å². The predicted molar refractivity (Wildman–Crippen MR) is 213 cm³/mol. The highest BCUT2D eigenvalue weighted by Crippen LogP contribution is 2.42. The first-order valence-corrected chi connectivity index (χ1v) is 20.3. The Morgan fingerprint density at radius 2 is 1.55 bits per heavy atom. The van der Waals surface area contributed by atoms with Crippen LogP contribution in [0.4, 0.5) is 22.1 Å².